The molecular weight excluding hydrogens is 468 g/mol. The van der Waals surface area contributed by atoms with Crippen molar-refractivity contribution in [2.75, 3.05) is 37.9 Å². The van der Waals surface area contributed by atoms with Crippen molar-refractivity contribution in [2.45, 2.75) is 19.8 Å². The molecule has 0 aliphatic carbocycles. The van der Waals surface area contributed by atoms with Gasteiger partial charge < -0.3 is 15.0 Å². The smallest absolute Gasteiger partial charge is 0.411 e. The molecule has 1 aliphatic rings. The second-order valence-corrected chi connectivity index (χ2v) is 9.27. The van der Waals surface area contributed by atoms with Gasteiger partial charge in [-0.15, -0.1) is 11.3 Å². The molecule has 5 heterocycles. The summed E-state index contributed by atoms with van der Waals surface area (Å²) in [5.41, 5.74) is 2.89. The van der Waals surface area contributed by atoms with Gasteiger partial charge in [-0.25, -0.2) is 9.31 Å². The highest BCUT2D eigenvalue weighted by atomic mass is 32.1. The van der Waals surface area contributed by atoms with Gasteiger partial charge in [0.2, 0.25) is 0 Å². The minimum Gasteiger partial charge on any atom is -0.453 e. The van der Waals surface area contributed by atoms with Crippen LogP contribution in [0.25, 0.3) is 15.3 Å². The Hall–Kier alpha value is -3.77. The summed E-state index contributed by atoms with van der Waals surface area (Å²) in [5, 5.41) is 13.8. The molecule has 12 heteroatoms. The van der Waals surface area contributed by atoms with Gasteiger partial charge in [0.15, 0.2) is 0 Å². The molecule has 1 saturated heterocycles. The number of hydrogen-bond donors (Lipinski definition) is 2. The summed E-state index contributed by atoms with van der Waals surface area (Å²) in [5.74, 6) is -0.320. The fourth-order valence-corrected chi connectivity index (χ4v) is 4.62. The summed E-state index contributed by atoms with van der Waals surface area (Å²) in [6, 6.07) is 1.62. The minimum absolute atomic E-state index is 0.320. The number of ether oxygens (including phenoxy) is 1. The number of thiazole rings is 1. The van der Waals surface area contributed by atoms with E-state index in [9.17, 15) is 9.59 Å². The number of carbonyl (C=O) groups excluding carboxylic acids is 2. The average Bonchev–Trinajstić information content (AvgIpc) is 3.61. The van der Waals surface area contributed by atoms with Crippen LogP contribution in [0.15, 0.2) is 37.1 Å². The van der Waals surface area contributed by atoms with Gasteiger partial charge in [-0.3, -0.25) is 19.8 Å². The van der Waals surface area contributed by atoms with Gasteiger partial charge in [-0.1, -0.05) is 0 Å². The number of fused-ring (bicyclic) bond motifs is 1. The molecule has 11 nitrogen and oxygen atoms in total. The highest BCUT2D eigenvalue weighted by Crippen LogP contribution is 2.30. The number of nitrogens with one attached hydrogen (secondary N) is 2. The summed E-state index contributed by atoms with van der Waals surface area (Å²) >= 11 is 1.45. The maximum absolute atomic E-state index is 12.9. The fraction of sp³-hybridized carbons (Fsp3) is 0.348. The Bertz CT molecular complexity index is 1340. The third-order valence-corrected chi connectivity index (χ3v) is 6.69. The van der Waals surface area contributed by atoms with Crippen LogP contribution in [-0.2, 0) is 11.8 Å². The molecule has 5 rings (SSSR count). The predicted molar refractivity (Wildman–Crippen MR) is 135 cm³/mol. The third kappa shape index (κ3) is 5.84. The number of aryl methyl sites for hydroxylation is 2. The van der Waals surface area contributed by atoms with Crippen molar-refractivity contribution in [3.05, 3.63) is 48.3 Å². The first-order valence-electron chi connectivity index (χ1n) is 11.1. The Balaban J connectivity index is 0.000000421. The monoisotopic (exact) mass is 496 g/mol. The third-order valence-electron chi connectivity index (χ3n) is 5.53. The van der Waals surface area contributed by atoms with E-state index >= 15 is 0 Å². The van der Waals surface area contributed by atoms with Crippen molar-refractivity contribution >= 4 is 39.5 Å². The van der Waals surface area contributed by atoms with Crippen molar-refractivity contribution in [3.8, 4) is 10.4 Å². The number of pyridine rings is 1. The summed E-state index contributed by atoms with van der Waals surface area (Å²) in [6.45, 7) is 4.40. The Morgan fingerprint density at radius 1 is 1.06 bits per heavy atom. The van der Waals surface area contributed by atoms with Crippen LogP contribution in [0.2, 0.25) is 0 Å². The topological polar surface area (TPSA) is 119 Å². The number of aromatic nitrogens is 5. The first-order valence-corrected chi connectivity index (χ1v) is 11.9. The molecule has 2 N–H and O–H groups in total. The van der Waals surface area contributed by atoms with E-state index in [1.54, 1.807) is 28.4 Å². The molecule has 0 unspecified atom stereocenters. The van der Waals surface area contributed by atoms with E-state index in [0.29, 0.717) is 22.6 Å². The van der Waals surface area contributed by atoms with Crippen molar-refractivity contribution < 1.29 is 14.3 Å². The molecule has 2 amide bonds. The molecule has 1 fully saturated rings. The largest absolute Gasteiger partial charge is 0.453 e. The van der Waals surface area contributed by atoms with Crippen molar-refractivity contribution in [1.29, 1.82) is 0 Å². The van der Waals surface area contributed by atoms with Crippen LogP contribution >= 0.6 is 11.3 Å². The molecule has 0 atom stereocenters. The van der Waals surface area contributed by atoms with E-state index in [1.807, 2.05) is 19.4 Å². The lowest BCUT2D eigenvalue weighted by molar-refractivity contribution is 0.102. The number of likely N-dealkylation sites (tertiary alicyclic amines) is 1. The summed E-state index contributed by atoms with van der Waals surface area (Å²) in [7, 11) is 5.29. The molecule has 0 spiro atoms. The van der Waals surface area contributed by atoms with Crippen LogP contribution < -0.4 is 10.6 Å². The lowest BCUT2D eigenvalue weighted by Gasteiger charge is -2.09. The normalized spacial score (nSPS) is 13.4. The zero-order valence-corrected chi connectivity index (χ0v) is 20.9. The minimum atomic E-state index is -0.618. The summed E-state index contributed by atoms with van der Waals surface area (Å²) in [6.07, 6.45) is 10.7. The molecule has 35 heavy (non-hydrogen) atoms. The van der Waals surface area contributed by atoms with E-state index < -0.39 is 6.09 Å². The van der Waals surface area contributed by atoms with Gasteiger partial charge >= 0.3 is 6.09 Å². The molecule has 0 bridgehead atoms. The molecular formula is C23H28N8O3S. The fourth-order valence-electron chi connectivity index (χ4n) is 3.59. The van der Waals surface area contributed by atoms with E-state index in [2.05, 4.69) is 42.5 Å². The van der Waals surface area contributed by atoms with Crippen LogP contribution in [0.3, 0.4) is 0 Å². The number of hydrogen-bond acceptors (Lipinski definition) is 8. The Kier molecular flexibility index (Phi) is 7.42. The van der Waals surface area contributed by atoms with Gasteiger partial charge in [-0.05, 0) is 46.0 Å². The lowest BCUT2D eigenvalue weighted by Crippen LogP contribution is -2.15. The van der Waals surface area contributed by atoms with Crippen LogP contribution in [0.5, 0.6) is 0 Å². The van der Waals surface area contributed by atoms with Gasteiger partial charge in [0.1, 0.15) is 4.83 Å². The molecule has 0 saturated carbocycles. The average molecular weight is 497 g/mol. The SMILES string of the molecule is CN1CCCC1.COC(=O)Nc1cnc(C)c(NC(=O)c2cnn3cc(-c4cnn(C)c4)sc23)c1. The standard InChI is InChI=1S/C18H17N7O3S.C5H11N/c1-10-14(4-12(6-19-10)22-18(27)28-3)23-16(26)13-7-21-25-9-15(29-17(13)25)11-5-20-24(2)8-11;1-6-4-2-3-5-6/h4-9H,1-3H3,(H,22,27)(H,23,26);2-5H2,1H3. The zero-order valence-electron chi connectivity index (χ0n) is 20.1. The van der Waals surface area contributed by atoms with Gasteiger partial charge in [0, 0.05) is 25.0 Å². The van der Waals surface area contributed by atoms with E-state index in [4.69, 9.17) is 0 Å². The van der Waals surface area contributed by atoms with Crippen molar-refractivity contribution in [1.82, 2.24) is 29.3 Å². The highest BCUT2D eigenvalue weighted by molar-refractivity contribution is 7.21. The van der Waals surface area contributed by atoms with Gasteiger partial charge in [0.25, 0.3) is 5.91 Å². The lowest BCUT2D eigenvalue weighted by atomic mass is 10.2. The zero-order chi connectivity index (χ0) is 24.9. The van der Waals surface area contributed by atoms with E-state index in [0.717, 1.165) is 15.3 Å². The van der Waals surface area contributed by atoms with Crippen LogP contribution in [0.4, 0.5) is 16.2 Å². The van der Waals surface area contributed by atoms with Crippen LogP contribution in [0.1, 0.15) is 28.9 Å². The number of nitrogens with zero attached hydrogens (tertiary/aromatic N) is 6. The van der Waals surface area contributed by atoms with E-state index in [-0.39, 0.29) is 5.91 Å². The van der Waals surface area contributed by atoms with Gasteiger partial charge in [0.05, 0.1) is 53.2 Å². The number of carbonyl (C=O) groups is 2. The maximum Gasteiger partial charge on any atom is 0.411 e. The second kappa shape index (κ2) is 10.7. The predicted octanol–water partition coefficient (Wildman–Crippen LogP) is 3.64. The summed E-state index contributed by atoms with van der Waals surface area (Å²) < 4.78 is 7.96. The van der Waals surface area contributed by atoms with Crippen molar-refractivity contribution in [2.24, 2.45) is 7.05 Å². The Labute approximate surface area is 206 Å². The van der Waals surface area contributed by atoms with Crippen molar-refractivity contribution in [3.63, 3.8) is 0 Å². The maximum atomic E-state index is 12.9. The molecule has 4 aromatic heterocycles. The first-order chi connectivity index (χ1) is 16.8. The first kappa shape index (κ1) is 24.4. The summed E-state index contributed by atoms with van der Waals surface area (Å²) in [4.78, 5) is 32.5. The van der Waals surface area contributed by atoms with E-state index in [1.165, 1.54) is 56.8 Å². The molecule has 1 aliphatic heterocycles. The number of methoxy groups -OCH3 is 1. The molecule has 0 radical (unpaired) electrons. The highest BCUT2D eigenvalue weighted by Gasteiger charge is 2.18. The van der Waals surface area contributed by atoms with Gasteiger partial charge in [-0.2, -0.15) is 10.2 Å². The molecule has 0 aromatic carbocycles. The quantitative estimate of drug-likeness (QED) is 0.443. The number of amides is 2. The molecule has 184 valence electrons. The Morgan fingerprint density at radius 2 is 1.83 bits per heavy atom. The van der Waals surface area contributed by atoms with Crippen LogP contribution in [0, 0.1) is 6.92 Å². The van der Waals surface area contributed by atoms with Crippen LogP contribution in [-0.4, -0.2) is 68.5 Å². The number of rotatable bonds is 4. The second-order valence-electron chi connectivity index (χ2n) is 8.24. The Morgan fingerprint density at radius 3 is 2.46 bits per heavy atom. The molecule has 4 aromatic rings. The number of anilines is 2.